The maximum absolute atomic E-state index is 13.0. The monoisotopic (exact) mass is 337 g/mol. The highest BCUT2D eigenvalue weighted by Gasteiger charge is 2.28. The van der Waals surface area contributed by atoms with Crippen LogP contribution in [-0.2, 0) is 6.54 Å². The molecule has 0 bridgehead atoms. The van der Waals surface area contributed by atoms with E-state index in [1.54, 1.807) is 31.3 Å². The predicted molar refractivity (Wildman–Crippen MR) is 92.6 cm³/mol. The number of benzene rings is 1. The van der Waals surface area contributed by atoms with Crippen LogP contribution in [0.25, 0.3) is 11.3 Å². The number of hydrogen-bond donors (Lipinski definition) is 1. The second-order valence-electron chi connectivity index (χ2n) is 5.83. The Morgan fingerprint density at radius 3 is 2.64 bits per heavy atom. The van der Waals surface area contributed by atoms with Crippen molar-refractivity contribution in [2.75, 3.05) is 7.05 Å². The highest BCUT2D eigenvalue weighted by molar-refractivity contribution is 6.00. The molecule has 3 aromatic rings. The van der Waals surface area contributed by atoms with Crippen LogP contribution in [0.2, 0.25) is 0 Å². The fourth-order valence-corrected chi connectivity index (χ4v) is 2.62. The van der Waals surface area contributed by atoms with Gasteiger partial charge in [-0.15, -0.1) is 0 Å². The fourth-order valence-electron chi connectivity index (χ4n) is 2.62. The number of rotatable bonds is 5. The first-order valence-corrected chi connectivity index (χ1v) is 7.95. The largest absolute Gasteiger partial charge is 0.385 e. The van der Waals surface area contributed by atoms with Gasteiger partial charge < -0.3 is 14.5 Å². The van der Waals surface area contributed by atoms with Crippen molar-refractivity contribution >= 4 is 5.91 Å². The third kappa shape index (κ3) is 3.59. The summed E-state index contributed by atoms with van der Waals surface area (Å²) >= 11 is 0. The van der Waals surface area contributed by atoms with E-state index in [0.29, 0.717) is 12.2 Å². The molecule has 0 unspecified atom stereocenters. The molecule has 0 saturated heterocycles. The molecule has 1 atom stereocenters. The zero-order valence-corrected chi connectivity index (χ0v) is 14.1. The van der Waals surface area contributed by atoms with E-state index < -0.39 is 6.10 Å². The highest BCUT2D eigenvalue weighted by atomic mass is 16.5. The number of hydrogen-bond acceptors (Lipinski definition) is 5. The normalized spacial score (nSPS) is 12.0. The molecular weight excluding hydrogens is 318 g/mol. The summed E-state index contributed by atoms with van der Waals surface area (Å²) in [7, 11) is 1.70. The van der Waals surface area contributed by atoms with Crippen molar-refractivity contribution in [3.63, 3.8) is 0 Å². The number of nitrogens with zero attached hydrogens (tertiary/aromatic N) is 3. The molecule has 0 aliphatic rings. The lowest BCUT2D eigenvalue weighted by Gasteiger charge is -2.18. The summed E-state index contributed by atoms with van der Waals surface area (Å²) in [5.74, 6) is -0.0956. The Balaban J connectivity index is 1.97. The molecule has 1 aromatic carbocycles. The van der Waals surface area contributed by atoms with Crippen molar-refractivity contribution in [2.45, 2.75) is 19.6 Å². The van der Waals surface area contributed by atoms with Crippen LogP contribution >= 0.6 is 0 Å². The van der Waals surface area contributed by atoms with Crippen molar-refractivity contribution < 1.29 is 14.4 Å². The maximum atomic E-state index is 13.0. The molecule has 0 radical (unpaired) electrons. The quantitative estimate of drug-likeness (QED) is 0.774. The van der Waals surface area contributed by atoms with Crippen LogP contribution in [-0.4, -0.2) is 33.1 Å². The molecule has 2 aromatic heterocycles. The minimum atomic E-state index is -0.935. The van der Waals surface area contributed by atoms with Gasteiger partial charge in [-0.2, -0.15) is 0 Å². The number of aliphatic hydroxyl groups is 1. The van der Waals surface area contributed by atoms with Gasteiger partial charge in [0.25, 0.3) is 5.91 Å². The summed E-state index contributed by atoms with van der Waals surface area (Å²) in [6.45, 7) is 1.94. The summed E-state index contributed by atoms with van der Waals surface area (Å²) in [5, 5.41) is 14.0. The number of aromatic nitrogens is 2. The maximum Gasteiger partial charge on any atom is 0.259 e. The summed E-state index contributed by atoms with van der Waals surface area (Å²) in [5.41, 5.74) is 2.39. The molecule has 0 aliphatic carbocycles. The van der Waals surface area contributed by atoms with Crippen molar-refractivity contribution in [3.05, 3.63) is 71.7 Å². The molecule has 3 rings (SSSR count). The Bertz CT molecular complexity index is 845. The summed E-state index contributed by atoms with van der Waals surface area (Å²) in [6, 6.07) is 13.0. The predicted octanol–water partition coefficient (Wildman–Crippen LogP) is 3.06. The van der Waals surface area contributed by atoms with Crippen LogP contribution in [0.5, 0.6) is 0 Å². The molecule has 1 N–H and O–H groups in total. The number of aliphatic hydroxyl groups excluding tert-OH is 1. The van der Waals surface area contributed by atoms with Crippen molar-refractivity contribution in [1.29, 1.82) is 0 Å². The first-order valence-electron chi connectivity index (χ1n) is 7.95. The van der Waals surface area contributed by atoms with Gasteiger partial charge in [-0.1, -0.05) is 41.6 Å². The van der Waals surface area contributed by atoms with E-state index in [9.17, 15) is 9.90 Å². The Morgan fingerprint density at radius 2 is 2.00 bits per heavy atom. The molecule has 0 aliphatic heterocycles. The van der Waals surface area contributed by atoms with Crippen LogP contribution in [0.4, 0.5) is 0 Å². The van der Waals surface area contributed by atoms with E-state index in [-0.39, 0.29) is 17.2 Å². The lowest BCUT2D eigenvalue weighted by atomic mass is 10.0. The second-order valence-corrected chi connectivity index (χ2v) is 5.83. The standard InChI is InChI=1S/C19H19N3O3/c1-13(23)18-16(17(21-25-18)15-8-4-3-5-9-15)19(24)22(2)12-14-7-6-10-20-11-14/h3-11,13,23H,12H2,1-2H3/t13-/m0/s1. The van der Waals surface area contributed by atoms with E-state index >= 15 is 0 Å². The van der Waals surface area contributed by atoms with Crippen LogP contribution in [0.15, 0.2) is 59.4 Å². The summed E-state index contributed by atoms with van der Waals surface area (Å²) in [6.07, 6.45) is 2.46. The van der Waals surface area contributed by atoms with Crippen molar-refractivity contribution in [3.8, 4) is 11.3 Å². The highest BCUT2D eigenvalue weighted by Crippen LogP contribution is 2.30. The first kappa shape index (κ1) is 16.9. The molecule has 6 heteroatoms. The Labute approximate surface area is 145 Å². The number of pyridine rings is 1. The minimum absolute atomic E-state index is 0.168. The van der Waals surface area contributed by atoms with E-state index in [0.717, 1.165) is 11.1 Å². The zero-order valence-electron chi connectivity index (χ0n) is 14.1. The topological polar surface area (TPSA) is 79.5 Å². The van der Waals surface area contributed by atoms with E-state index in [1.807, 2.05) is 42.5 Å². The van der Waals surface area contributed by atoms with Gasteiger partial charge in [-0.25, -0.2) is 0 Å². The number of carbonyl (C=O) groups is 1. The molecule has 128 valence electrons. The molecule has 0 saturated carbocycles. The van der Waals surface area contributed by atoms with Gasteiger partial charge in [0.05, 0.1) is 0 Å². The first-order chi connectivity index (χ1) is 12.1. The van der Waals surface area contributed by atoms with Gasteiger partial charge in [0.15, 0.2) is 5.76 Å². The Morgan fingerprint density at radius 1 is 1.24 bits per heavy atom. The van der Waals surface area contributed by atoms with Crippen LogP contribution in [0, 0.1) is 0 Å². The van der Waals surface area contributed by atoms with Crippen molar-refractivity contribution in [2.24, 2.45) is 0 Å². The van der Waals surface area contributed by atoms with Gasteiger partial charge in [0.1, 0.15) is 17.4 Å². The molecule has 0 fully saturated rings. The Kier molecular flexibility index (Phi) is 4.90. The van der Waals surface area contributed by atoms with Crippen LogP contribution in [0.3, 0.4) is 0 Å². The lowest BCUT2D eigenvalue weighted by molar-refractivity contribution is 0.0773. The van der Waals surface area contributed by atoms with Gasteiger partial charge >= 0.3 is 0 Å². The third-order valence-corrected chi connectivity index (χ3v) is 3.85. The van der Waals surface area contributed by atoms with Crippen LogP contribution in [0.1, 0.15) is 34.7 Å². The molecule has 25 heavy (non-hydrogen) atoms. The molecule has 2 heterocycles. The average molecular weight is 337 g/mol. The molecule has 6 nitrogen and oxygen atoms in total. The third-order valence-electron chi connectivity index (χ3n) is 3.85. The van der Waals surface area contributed by atoms with Crippen LogP contribution < -0.4 is 0 Å². The van der Waals surface area contributed by atoms with Crippen molar-refractivity contribution in [1.82, 2.24) is 15.0 Å². The van der Waals surface area contributed by atoms with Gasteiger partial charge in [0.2, 0.25) is 0 Å². The van der Waals surface area contributed by atoms with E-state index in [1.165, 1.54) is 0 Å². The SMILES string of the molecule is C[C@H](O)c1onc(-c2ccccc2)c1C(=O)N(C)Cc1cccnc1. The molecule has 1 amide bonds. The van der Waals surface area contributed by atoms with E-state index in [4.69, 9.17) is 4.52 Å². The number of amides is 1. The van der Waals surface area contributed by atoms with Gasteiger partial charge in [-0.05, 0) is 18.6 Å². The average Bonchev–Trinajstić information content (AvgIpc) is 3.08. The van der Waals surface area contributed by atoms with Gasteiger partial charge in [-0.3, -0.25) is 9.78 Å². The number of carbonyl (C=O) groups excluding carboxylic acids is 1. The van der Waals surface area contributed by atoms with Gasteiger partial charge in [0, 0.05) is 31.5 Å². The summed E-state index contributed by atoms with van der Waals surface area (Å²) in [4.78, 5) is 18.6. The second kappa shape index (κ2) is 7.27. The zero-order chi connectivity index (χ0) is 17.8. The Hall–Kier alpha value is -2.99. The minimum Gasteiger partial charge on any atom is -0.385 e. The lowest BCUT2D eigenvalue weighted by Crippen LogP contribution is -2.27. The smallest absolute Gasteiger partial charge is 0.259 e. The molecule has 0 spiro atoms. The fraction of sp³-hybridized carbons (Fsp3) is 0.211. The summed E-state index contributed by atoms with van der Waals surface area (Å²) < 4.78 is 5.27. The molecular formula is C19H19N3O3. The van der Waals surface area contributed by atoms with E-state index in [2.05, 4.69) is 10.1 Å².